The van der Waals surface area contributed by atoms with Gasteiger partial charge in [-0.05, 0) is 32.1 Å². The lowest BCUT2D eigenvalue weighted by Gasteiger charge is -2.39. The molecule has 0 amide bonds. The van der Waals surface area contributed by atoms with E-state index in [9.17, 15) is 9.59 Å². The van der Waals surface area contributed by atoms with Gasteiger partial charge >= 0.3 is 0 Å². The topological polar surface area (TPSA) is 34.1 Å². The minimum absolute atomic E-state index is 0.0994. The Labute approximate surface area is 134 Å². The maximum atomic E-state index is 11.9. The zero-order valence-electron chi connectivity index (χ0n) is 14.6. The normalized spacial score (nSPS) is 27.2. The third kappa shape index (κ3) is 4.66. The minimum atomic E-state index is -0.235. The minimum Gasteiger partial charge on any atom is -0.291 e. The van der Waals surface area contributed by atoms with Crippen molar-refractivity contribution in [3.8, 4) is 0 Å². The third-order valence-electron chi connectivity index (χ3n) is 4.49. The molecule has 1 fully saturated rings. The van der Waals surface area contributed by atoms with Gasteiger partial charge in [0.25, 0.3) is 0 Å². The molecular formula is C20H28O2. The fourth-order valence-corrected chi connectivity index (χ4v) is 2.90. The van der Waals surface area contributed by atoms with E-state index in [4.69, 9.17) is 0 Å². The number of hydrogen-bond donors (Lipinski definition) is 0. The van der Waals surface area contributed by atoms with E-state index in [1.807, 2.05) is 26.8 Å². The number of allylic oxidation sites excluding steroid dienone is 8. The van der Waals surface area contributed by atoms with Crippen molar-refractivity contribution in [2.24, 2.45) is 17.3 Å². The van der Waals surface area contributed by atoms with E-state index in [1.165, 1.54) is 5.57 Å². The van der Waals surface area contributed by atoms with E-state index in [-0.39, 0.29) is 28.8 Å². The Balaban J connectivity index is 2.87. The average molecular weight is 300 g/mol. The van der Waals surface area contributed by atoms with Crippen LogP contribution in [0, 0.1) is 17.3 Å². The highest BCUT2D eigenvalue weighted by atomic mass is 16.2. The van der Waals surface area contributed by atoms with E-state index in [0.717, 1.165) is 5.57 Å². The second kappa shape index (κ2) is 7.53. The van der Waals surface area contributed by atoms with E-state index in [0.29, 0.717) is 6.42 Å². The second-order valence-electron chi connectivity index (χ2n) is 6.93. The maximum absolute atomic E-state index is 11.9. The Bertz CT molecular complexity index is 556. The molecule has 1 rings (SSSR count). The van der Waals surface area contributed by atoms with Gasteiger partial charge in [-0.3, -0.25) is 9.59 Å². The SMILES string of the molecule is CC=C(C)/C=C/C=C(\C)C=CC1C(C)C(=O)C(=O)CC1(C)C. The first-order valence-corrected chi connectivity index (χ1v) is 7.92. The third-order valence-corrected chi connectivity index (χ3v) is 4.49. The smallest absolute Gasteiger partial charge is 0.201 e. The Morgan fingerprint density at radius 3 is 2.36 bits per heavy atom. The molecule has 0 aromatic heterocycles. The maximum Gasteiger partial charge on any atom is 0.201 e. The molecule has 0 heterocycles. The zero-order valence-corrected chi connectivity index (χ0v) is 14.6. The molecule has 1 aliphatic rings. The second-order valence-corrected chi connectivity index (χ2v) is 6.93. The van der Waals surface area contributed by atoms with Crippen LogP contribution in [0.1, 0.15) is 48.0 Å². The molecule has 0 bridgehead atoms. The number of Topliss-reactive ketones (excluding diaryl/α,β-unsaturated/α-hetero) is 2. The quantitative estimate of drug-likeness (QED) is 0.550. The lowest BCUT2D eigenvalue weighted by atomic mass is 9.63. The number of ketones is 2. The Morgan fingerprint density at radius 1 is 1.14 bits per heavy atom. The van der Waals surface area contributed by atoms with Crippen LogP contribution in [0.2, 0.25) is 0 Å². The van der Waals surface area contributed by atoms with Crippen molar-refractivity contribution in [2.45, 2.75) is 48.0 Å². The summed E-state index contributed by atoms with van der Waals surface area (Å²) in [6.45, 7) is 12.1. The molecule has 0 saturated heterocycles. The first-order chi connectivity index (χ1) is 10.2. The summed E-state index contributed by atoms with van der Waals surface area (Å²) in [4.78, 5) is 23.7. The number of hydrogen-bond acceptors (Lipinski definition) is 2. The van der Waals surface area contributed by atoms with E-state index in [2.05, 4.69) is 51.2 Å². The first-order valence-electron chi connectivity index (χ1n) is 7.92. The Hall–Kier alpha value is -1.70. The molecule has 0 spiro atoms. The summed E-state index contributed by atoms with van der Waals surface area (Å²) < 4.78 is 0. The molecule has 1 saturated carbocycles. The lowest BCUT2D eigenvalue weighted by molar-refractivity contribution is -0.145. The van der Waals surface area contributed by atoms with Crippen molar-refractivity contribution in [1.29, 1.82) is 0 Å². The fraction of sp³-hybridized carbons (Fsp3) is 0.500. The molecule has 0 radical (unpaired) electrons. The highest BCUT2D eigenvalue weighted by molar-refractivity contribution is 6.38. The number of rotatable bonds is 4. The van der Waals surface area contributed by atoms with Gasteiger partial charge < -0.3 is 0 Å². The molecule has 0 aromatic carbocycles. The standard InChI is InChI=1S/C20H28O2/c1-7-14(2)9-8-10-15(3)11-12-17-16(4)19(22)18(21)13-20(17,5)6/h7-12,16-17H,13H2,1-6H3/b9-8+,12-11?,14-7?,15-10+. The summed E-state index contributed by atoms with van der Waals surface area (Å²) in [6, 6.07) is 0. The average Bonchev–Trinajstić information content (AvgIpc) is 2.43. The highest BCUT2D eigenvalue weighted by Crippen LogP contribution is 2.41. The summed E-state index contributed by atoms with van der Waals surface area (Å²) in [6.07, 6.45) is 12.7. The Morgan fingerprint density at radius 2 is 1.77 bits per heavy atom. The van der Waals surface area contributed by atoms with Gasteiger partial charge in [0.15, 0.2) is 5.78 Å². The van der Waals surface area contributed by atoms with Gasteiger partial charge in [-0.1, -0.05) is 68.4 Å². The van der Waals surface area contributed by atoms with Crippen molar-refractivity contribution in [3.63, 3.8) is 0 Å². The van der Waals surface area contributed by atoms with Crippen LogP contribution >= 0.6 is 0 Å². The van der Waals surface area contributed by atoms with Crippen molar-refractivity contribution in [1.82, 2.24) is 0 Å². The van der Waals surface area contributed by atoms with Gasteiger partial charge in [0, 0.05) is 12.3 Å². The lowest BCUT2D eigenvalue weighted by Crippen LogP contribution is -2.43. The molecular weight excluding hydrogens is 272 g/mol. The molecule has 22 heavy (non-hydrogen) atoms. The van der Waals surface area contributed by atoms with Crippen LogP contribution in [0.15, 0.2) is 47.6 Å². The van der Waals surface area contributed by atoms with Crippen LogP contribution in [0.3, 0.4) is 0 Å². The van der Waals surface area contributed by atoms with Crippen LogP contribution < -0.4 is 0 Å². The van der Waals surface area contributed by atoms with Crippen LogP contribution in [0.4, 0.5) is 0 Å². The van der Waals surface area contributed by atoms with E-state index < -0.39 is 0 Å². The van der Waals surface area contributed by atoms with Gasteiger partial charge in [-0.2, -0.15) is 0 Å². The predicted octanol–water partition coefficient (Wildman–Crippen LogP) is 4.83. The molecule has 2 nitrogen and oxygen atoms in total. The summed E-state index contributed by atoms with van der Waals surface area (Å²) in [5.41, 5.74) is 2.19. The summed E-state index contributed by atoms with van der Waals surface area (Å²) in [7, 11) is 0. The molecule has 2 atom stereocenters. The Kier molecular flexibility index (Phi) is 6.28. The van der Waals surface area contributed by atoms with E-state index in [1.54, 1.807) is 0 Å². The molecule has 2 unspecified atom stereocenters. The first kappa shape index (κ1) is 18.3. The summed E-state index contributed by atoms with van der Waals surface area (Å²) in [5, 5.41) is 0. The fourth-order valence-electron chi connectivity index (χ4n) is 2.90. The molecule has 0 aromatic rings. The van der Waals surface area contributed by atoms with Crippen LogP contribution in [0.5, 0.6) is 0 Å². The monoisotopic (exact) mass is 300 g/mol. The predicted molar refractivity (Wildman–Crippen MR) is 92.5 cm³/mol. The molecule has 120 valence electrons. The number of carbonyl (C=O) groups excluding carboxylic acids is 2. The summed E-state index contributed by atoms with van der Waals surface area (Å²) in [5.74, 6) is -0.582. The van der Waals surface area contributed by atoms with Crippen molar-refractivity contribution in [2.75, 3.05) is 0 Å². The van der Waals surface area contributed by atoms with Crippen LogP contribution in [-0.2, 0) is 9.59 Å². The van der Waals surface area contributed by atoms with Gasteiger partial charge in [0.1, 0.15) is 0 Å². The van der Waals surface area contributed by atoms with Gasteiger partial charge in [0.05, 0.1) is 0 Å². The van der Waals surface area contributed by atoms with Crippen molar-refractivity contribution in [3.05, 3.63) is 47.6 Å². The molecule has 0 aliphatic heterocycles. The van der Waals surface area contributed by atoms with E-state index >= 15 is 0 Å². The van der Waals surface area contributed by atoms with Crippen LogP contribution in [-0.4, -0.2) is 11.6 Å². The molecule has 0 N–H and O–H groups in total. The van der Waals surface area contributed by atoms with Gasteiger partial charge in [0.2, 0.25) is 5.78 Å². The largest absolute Gasteiger partial charge is 0.291 e. The zero-order chi connectivity index (χ0) is 16.9. The molecule has 1 aliphatic carbocycles. The van der Waals surface area contributed by atoms with Crippen molar-refractivity contribution >= 4 is 11.6 Å². The highest BCUT2D eigenvalue weighted by Gasteiger charge is 2.44. The van der Waals surface area contributed by atoms with Crippen molar-refractivity contribution < 1.29 is 9.59 Å². The summed E-state index contributed by atoms with van der Waals surface area (Å²) >= 11 is 0. The van der Waals surface area contributed by atoms with Gasteiger partial charge in [-0.25, -0.2) is 0 Å². The van der Waals surface area contributed by atoms with Crippen LogP contribution in [0.25, 0.3) is 0 Å². The molecule has 2 heteroatoms. The van der Waals surface area contributed by atoms with Gasteiger partial charge in [-0.15, -0.1) is 0 Å². The number of carbonyl (C=O) groups is 2.